The van der Waals surface area contributed by atoms with Crippen molar-refractivity contribution in [1.82, 2.24) is 25.3 Å². The standard InChI is InChI=1S/C30H30N4O4.C7H13BrN2O2.Ga.3H/c1-15-9-20-12-25-17(3)21(5-7-29(35)36)27(33-25)14-28-22(6-8-30(37)38)18(4)26(34-28)13-24-16(2)10-19(32-24)11-23(15)31-20;1-3-7(8,4-2)5(11)10-6(9)12;;;;/h9-14,31,34H,5-8H2,1-4H3,(H,35,36)(H,37,38);3-4H2,1-2H3,(H3,9,10,11,12);;;;. The molecule has 0 aromatic carbocycles. The molecule has 0 fully saturated rings. The number of carbonyl (C=O) groups excluding carboxylic acids is 2. The van der Waals surface area contributed by atoms with E-state index in [1.165, 1.54) is 0 Å². The normalized spacial score (nSPS) is 12.3. The number of imide groups is 1. The Morgan fingerprint density at radius 3 is 2.06 bits per heavy atom. The van der Waals surface area contributed by atoms with Gasteiger partial charge in [-0.25, -0.2) is 14.8 Å². The molecule has 7 N–H and O–H groups in total. The van der Waals surface area contributed by atoms with Crippen LogP contribution < -0.4 is 11.1 Å². The van der Waals surface area contributed by atoms with Gasteiger partial charge in [-0.05, 0) is 123 Å². The fourth-order valence-electron chi connectivity index (χ4n) is 5.90. The number of primary amides is 1. The van der Waals surface area contributed by atoms with Crippen LogP contribution in [-0.4, -0.2) is 78.1 Å². The maximum absolute atomic E-state index is 11.4. The second-order valence-corrected chi connectivity index (χ2v) is 14.0. The van der Waals surface area contributed by atoms with Crippen LogP contribution in [0.2, 0.25) is 0 Å². The van der Waals surface area contributed by atoms with E-state index in [-0.39, 0.29) is 38.5 Å². The van der Waals surface area contributed by atoms with Crippen molar-refractivity contribution in [2.24, 2.45) is 5.73 Å². The van der Waals surface area contributed by atoms with Crippen molar-refractivity contribution in [1.29, 1.82) is 0 Å². The molecular formula is C37H46BrGaN6O6. The van der Waals surface area contributed by atoms with Gasteiger partial charge in [0.1, 0.15) is 4.32 Å². The number of nitrogens with zero attached hydrogens (tertiary/aromatic N) is 2. The molecule has 2 aliphatic rings. The molecule has 12 nitrogen and oxygen atoms in total. The summed E-state index contributed by atoms with van der Waals surface area (Å²) in [4.78, 5) is 61.2. The third-order valence-corrected chi connectivity index (χ3v) is 10.5. The molecule has 2 aliphatic heterocycles. The van der Waals surface area contributed by atoms with Crippen LogP contribution in [0.4, 0.5) is 4.79 Å². The summed E-state index contributed by atoms with van der Waals surface area (Å²) in [6.45, 7) is 11.7. The Labute approximate surface area is 317 Å². The van der Waals surface area contributed by atoms with Gasteiger partial charge in [0.25, 0.3) is 0 Å². The Bertz CT molecular complexity index is 2090. The molecule has 270 valence electrons. The van der Waals surface area contributed by atoms with Crippen molar-refractivity contribution < 1.29 is 29.4 Å². The molecule has 5 rings (SSSR count). The Morgan fingerprint density at radius 1 is 0.824 bits per heavy atom. The van der Waals surface area contributed by atoms with Crippen LogP contribution >= 0.6 is 15.9 Å². The van der Waals surface area contributed by atoms with Gasteiger partial charge in [-0.15, -0.1) is 0 Å². The van der Waals surface area contributed by atoms with Crippen molar-refractivity contribution in [3.8, 4) is 0 Å². The maximum atomic E-state index is 11.4. The summed E-state index contributed by atoms with van der Waals surface area (Å²) in [6, 6.07) is 9.17. The van der Waals surface area contributed by atoms with E-state index in [0.717, 1.165) is 72.6 Å². The van der Waals surface area contributed by atoms with Gasteiger partial charge in [0, 0.05) is 34.9 Å². The number of carboxylic acid groups (broad SMARTS) is 2. The Hall–Kier alpha value is -4.40. The third-order valence-electron chi connectivity index (χ3n) is 9.02. The van der Waals surface area contributed by atoms with Crippen molar-refractivity contribution in [3.05, 3.63) is 69.8 Å². The molecule has 8 bridgehead atoms. The third kappa shape index (κ3) is 9.89. The van der Waals surface area contributed by atoms with E-state index in [9.17, 15) is 29.4 Å². The molecule has 0 radical (unpaired) electrons. The number of urea groups is 1. The first-order chi connectivity index (χ1) is 23.5. The van der Waals surface area contributed by atoms with Crippen molar-refractivity contribution in [2.75, 3.05) is 0 Å². The number of nitrogens with two attached hydrogens (primary N) is 1. The van der Waals surface area contributed by atoms with E-state index in [1.807, 2.05) is 77.2 Å². The molecule has 0 spiro atoms. The molecule has 5 heterocycles. The van der Waals surface area contributed by atoms with Gasteiger partial charge in [-0.3, -0.25) is 19.7 Å². The number of nitrogens with one attached hydrogen (secondary N) is 3. The second kappa shape index (κ2) is 17.2. The summed E-state index contributed by atoms with van der Waals surface area (Å²) < 4.78 is -0.665. The van der Waals surface area contributed by atoms with Crippen LogP contribution in [0.1, 0.15) is 99.3 Å². The predicted octanol–water partition coefficient (Wildman–Crippen LogP) is 6.26. The number of carboxylic acids is 2. The number of aromatic amines is 2. The van der Waals surface area contributed by atoms with Crippen LogP contribution in [-0.2, 0) is 20.8 Å². The van der Waals surface area contributed by atoms with Crippen molar-refractivity contribution in [3.63, 3.8) is 0 Å². The molecular weight excluding hydrogens is 774 g/mol. The Balaban J connectivity index is 0.000000465. The van der Waals surface area contributed by atoms with Gasteiger partial charge < -0.3 is 25.9 Å². The zero-order valence-corrected chi connectivity index (χ0v) is 30.7. The van der Waals surface area contributed by atoms with Crippen molar-refractivity contribution >= 4 is 104 Å². The quantitative estimate of drug-likeness (QED) is 0.107. The molecule has 3 aromatic rings. The van der Waals surface area contributed by atoms with Gasteiger partial charge in [0.15, 0.2) is 0 Å². The minimum atomic E-state index is -0.868. The summed E-state index contributed by atoms with van der Waals surface area (Å²) in [6.07, 6.45) is 3.97. The zero-order valence-electron chi connectivity index (χ0n) is 29.1. The molecule has 51 heavy (non-hydrogen) atoms. The number of carbonyl (C=O) groups is 4. The van der Waals surface area contributed by atoms with Gasteiger partial charge >= 0.3 is 37.8 Å². The van der Waals surface area contributed by atoms with Crippen LogP contribution in [0, 0.1) is 13.8 Å². The van der Waals surface area contributed by atoms with E-state index in [4.69, 9.17) is 15.7 Å². The SMILES string of the molecule is CC1=Cc2cc3[nH]c(cc4nc(cc5[nH]c(cc1n2)c(C)c5CCC(=O)O)C(CCC(=O)O)=C4C)cc3C.CCC(Br)(CC)C(=O)NC(N)=O.[GaH3]. The number of halogens is 1. The minimum absolute atomic E-state index is 0. The number of allylic oxidation sites excluding steroid dienone is 3. The summed E-state index contributed by atoms with van der Waals surface area (Å²) in [5, 5.41) is 20.8. The monoisotopic (exact) mass is 818 g/mol. The second-order valence-electron chi connectivity index (χ2n) is 12.5. The fraction of sp³-hybridized carbons (Fsp3) is 0.351. The number of rotatable bonds is 9. The number of aliphatic carboxylic acids is 2. The van der Waals surface area contributed by atoms with Crippen molar-refractivity contribution in [2.45, 2.75) is 84.4 Å². The summed E-state index contributed by atoms with van der Waals surface area (Å²) in [5.41, 5.74) is 17.2. The average molecular weight is 820 g/mol. The summed E-state index contributed by atoms with van der Waals surface area (Å²) in [7, 11) is 0. The first-order valence-electron chi connectivity index (χ1n) is 16.4. The fourth-order valence-corrected chi connectivity index (χ4v) is 6.00. The number of aryl methyl sites for hydroxylation is 3. The van der Waals surface area contributed by atoms with E-state index in [2.05, 4.69) is 32.0 Å². The Morgan fingerprint density at radius 2 is 1.45 bits per heavy atom. The first-order valence-corrected chi connectivity index (χ1v) is 17.2. The van der Waals surface area contributed by atoms with E-state index in [1.54, 1.807) is 0 Å². The number of fused-ring (bicyclic) bond motifs is 8. The number of alkyl halides is 1. The molecule has 14 heteroatoms. The van der Waals surface area contributed by atoms with E-state index in [0.29, 0.717) is 31.4 Å². The molecule has 0 unspecified atom stereocenters. The Kier molecular flexibility index (Phi) is 13.8. The van der Waals surface area contributed by atoms with Crippen LogP contribution in [0.25, 0.3) is 44.9 Å². The molecule has 3 aromatic heterocycles. The van der Waals surface area contributed by atoms with Crippen LogP contribution in [0.15, 0.2) is 30.3 Å². The number of hydrogen-bond acceptors (Lipinski definition) is 6. The summed E-state index contributed by atoms with van der Waals surface area (Å²) in [5.74, 6) is -2.11. The van der Waals surface area contributed by atoms with Gasteiger partial charge in [0.2, 0.25) is 5.91 Å². The van der Waals surface area contributed by atoms with Crippen LogP contribution in [0.3, 0.4) is 0 Å². The van der Waals surface area contributed by atoms with Gasteiger partial charge in [-0.2, -0.15) is 0 Å². The molecule has 0 aliphatic carbocycles. The number of amides is 3. The molecule has 0 saturated heterocycles. The van der Waals surface area contributed by atoms with Crippen LogP contribution in [0.5, 0.6) is 0 Å². The van der Waals surface area contributed by atoms with Gasteiger partial charge in [0.05, 0.1) is 22.8 Å². The zero-order chi connectivity index (χ0) is 36.9. The van der Waals surface area contributed by atoms with E-state index >= 15 is 0 Å². The van der Waals surface area contributed by atoms with Gasteiger partial charge in [-0.1, -0.05) is 29.8 Å². The first kappa shape index (κ1) is 41.0. The number of H-pyrrole nitrogens is 2. The topological polar surface area (TPSA) is 204 Å². The number of hydrogen-bond donors (Lipinski definition) is 6. The van der Waals surface area contributed by atoms with E-state index < -0.39 is 22.3 Å². The number of aromatic nitrogens is 4. The summed E-state index contributed by atoms with van der Waals surface area (Å²) >= 11 is 3.26. The molecule has 0 saturated carbocycles. The molecule has 3 amide bonds. The predicted molar refractivity (Wildman–Crippen MR) is 209 cm³/mol. The molecule has 0 atom stereocenters. The average Bonchev–Trinajstić information content (AvgIpc) is 3.74.